The largest absolute Gasteiger partial charge is 0.346 e. The average Bonchev–Trinajstić information content (AvgIpc) is 2.69. The van der Waals surface area contributed by atoms with E-state index < -0.39 is 5.79 Å². The number of fused-ring (bicyclic) bond motifs is 1. The van der Waals surface area contributed by atoms with E-state index in [9.17, 15) is 0 Å². The molecule has 3 nitrogen and oxygen atoms in total. The normalized spacial score (nSPS) is 16.2. The van der Waals surface area contributed by atoms with E-state index in [-0.39, 0.29) is 0 Å². The van der Waals surface area contributed by atoms with Gasteiger partial charge in [0.15, 0.2) is 0 Å². The summed E-state index contributed by atoms with van der Waals surface area (Å²) in [4.78, 5) is 4.63. The van der Waals surface area contributed by atoms with Crippen molar-refractivity contribution in [1.82, 2.24) is 4.98 Å². The molecule has 1 aromatic heterocycles. The van der Waals surface area contributed by atoms with Crippen molar-refractivity contribution in [2.24, 2.45) is 0 Å². The van der Waals surface area contributed by atoms with Gasteiger partial charge in [-0.1, -0.05) is 19.4 Å². The number of hydrogen-bond donors (Lipinski definition) is 0. The zero-order valence-electron chi connectivity index (χ0n) is 10.9. The molecule has 0 saturated heterocycles. The molecule has 0 atom stereocenters. The van der Waals surface area contributed by atoms with Gasteiger partial charge >= 0.3 is 0 Å². The van der Waals surface area contributed by atoms with Gasteiger partial charge in [-0.15, -0.1) is 0 Å². The lowest BCUT2D eigenvalue weighted by atomic mass is 10.0. The van der Waals surface area contributed by atoms with Gasteiger partial charge in [-0.2, -0.15) is 0 Å². The molecule has 0 saturated carbocycles. The van der Waals surface area contributed by atoms with E-state index in [1.807, 2.05) is 13.0 Å². The quantitative estimate of drug-likeness (QED) is 0.749. The van der Waals surface area contributed by atoms with Crippen LogP contribution in [0.5, 0.6) is 0 Å². The number of pyridine rings is 1. The predicted octanol–water partition coefficient (Wildman–Crippen LogP) is 2.81. The van der Waals surface area contributed by atoms with Gasteiger partial charge in [-0.05, 0) is 31.1 Å². The highest BCUT2D eigenvalue weighted by atomic mass is 16.7. The van der Waals surface area contributed by atoms with Crippen LogP contribution in [0.3, 0.4) is 0 Å². The lowest BCUT2D eigenvalue weighted by Gasteiger charge is -2.27. The van der Waals surface area contributed by atoms with E-state index >= 15 is 0 Å². The number of methoxy groups -OCH3 is 2. The zero-order chi connectivity index (χ0) is 12.5. The second kappa shape index (κ2) is 4.59. The van der Waals surface area contributed by atoms with Crippen molar-refractivity contribution in [3.63, 3.8) is 0 Å². The first-order chi connectivity index (χ1) is 8.16. The van der Waals surface area contributed by atoms with Crippen molar-refractivity contribution in [2.45, 2.75) is 32.5 Å². The molecular formula is C14H19NO2. The Hall–Kier alpha value is -1.19. The first-order valence-electron chi connectivity index (χ1n) is 5.97. The van der Waals surface area contributed by atoms with Gasteiger partial charge in [0.2, 0.25) is 5.79 Å². The van der Waals surface area contributed by atoms with Crippen LogP contribution in [0.1, 0.15) is 35.9 Å². The molecule has 0 radical (unpaired) electrons. The van der Waals surface area contributed by atoms with Crippen molar-refractivity contribution >= 4 is 6.08 Å². The van der Waals surface area contributed by atoms with Crippen LogP contribution in [0.25, 0.3) is 6.08 Å². The summed E-state index contributed by atoms with van der Waals surface area (Å²) in [5, 5.41) is 0. The summed E-state index contributed by atoms with van der Waals surface area (Å²) >= 11 is 0. The van der Waals surface area contributed by atoms with E-state index in [1.165, 1.54) is 0 Å². The fourth-order valence-electron chi connectivity index (χ4n) is 2.42. The molecule has 1 aliphatic rings. The first-order valence-corrected chi connectivity index (χ1v) is 5.97. The second-order valence-electron chi connectivity index (χ2n) is 4.33. The van der Waals surface area contributed by atoms with Crippen LogP contribution in [0.4, 0.5) is 0 Å². The Labute approximate surface area is 102 Å². The second-order valence-corrected chi connectivity index (χ2v) is 4.33. The zero-order valence-corrected chi connectivity index (χ0v) is 10.9. The van der Waals surface area contributed by atoms with Gasteiger partial charge < -0.3 is 9.47 Å². The lowest BCUT2D eigenvalue weighted by Crippen LogP contribution is -2.28. The van der Waals surface area contributed by atoms with Crippen molar-refractivity contribution in [3.05, 3.63) is 34.7 Å². The highest BCUT2D eigenvalue weighted by Crippen LogP contribution is 2.39. The summed E-state index contributed by atoms with van der Waals surface area (Å²) in [6.45, 7) is 4.17. The molecule has 1 heterocycles. The fraction of sp³-hybridized carbons (Fsp3) is 0.500. The molecule has 2 rings (SSSR count). The number of aryl methyl sites for hydroxylation is 2. The number of hydrogen-bond acceptors (Lipinski definition) is 3. The molecule has 3 heteroatoms. The number of nitrogens with zero attached hydrogens (tertiary/aromatic N) is 1. The van der Waals surface area contributed by atoms with E-state index in [0.29, 0.717) is 0 Å². The summed E-state index contributed by atoms with van der Waals surface area (Å²) in [5.41, 5.74) is 4.34. The molecule has 92 valence electrons. The molecule has 0 N–H and O–H groups in total. The molecule has 0 bridgehead atoms. The van der Waals surface area contributed by atoms with Gasteiger partial charge in [0.1, 0.15) is 0 Å². The molecule has 0 aliphatic heterocycles. The van der Waals surface area contributed by atoms with Crippen molar-refractivity contribution in [2.75, 3.05) is 14.2 Å². The van der Waals surface area contributed by atoms with Crippen LogP contribution in [0.2, 0.25) is 0 Å². The fourth-order valence-corrected chi connectivity index (χ4v) is 2.42. The van der Waals surface area contributed by atoms with Crippen LogP contribution >= 0.6 is 0 Å². The van der Waals surface area contributed by atoms with Crippen LogP contribution in [0, 0.1) is 6.92 Å². The summed E-state index contributed by atoms with van der Waals surface area (Å²) in [6, 6.07) is 2.07. The van der Waals surface area contributed by atoms with E-state index in [0.717, 1.165) is 35.4 Å². The topological polar surface area (TPSA) is 31.4 Å². The highest BCUT2D eigenvalue weighted by Gasteiger charge is 2.38. The summed E-state index contributed by atoms with van der Waals surface area (Å²) in [6.07, 6.45) is 6.01. The minimum absolute atomic E-state index is 0.749. The maximum atomic E-state index is 5.55. The van der Waals surface area contributed by atoms with E-state index in [1.54, 1.807) is 14.2 Å². The third-order valence-corrected chi connectivity index (χ3v) is 3.18. The minimum Gasteiger partial charge on any atom is -0.346 e. The van der Waals surface area contributed by atoms with Gasteiger partial charge in [0.25, 0.3) is 0 Å². The Morgan fingerprint density at radius 3 is 2.59 bits per heavy atom. The van der Waals surface area contributed by atoms with Crippen LogP contribution in [-0.4, -0.2) is 19.2 Å². The SMILES string of the molecule is CCCc1nc(C)cc2c1C(OC)(OC)C=C2. The third-order valence-electron chi connectivity index (χ3n) is 3.18. The summed E-state index contributed by atoms with van der Waals surface area (Å²) in [7, 11) is 3.33. The standard InChI is InChI=1S/C14H19NO2/c1-5-6-12-13-11(9-10(2)15-12)7-8-14(13,16-3)17-4/h7-9H,5-6H2,1-4H3. The van der Waals surface area contributed by atoms with Gasteiger partial charge in [-0.25, -0.2) is 0 Å². The number of ether oxygens (including phenoxy) is 2. The Bertz CT molecular complexity index is 448. The van der Waals surface area contributed by atoms with Gasteiger partial charge in [0.05, 0.1) is 5.69 Å². The lowest BCUT2D eigenvalue weighted by molar-refractivity contribution is -0.176. The summed E-state index contributed by atoms with van der Waals surface area (Å²) in [5.74, 6) is -0.749. The molecular weight excluding hydrogens is 214 g/mol. The molecule has 0 amide bonds. The van der Waals surface area contributed by atoms with E-state index in [2.05, 4.69) is 24.1 Å². The van der Waals surface area contributed by atoms with Gasteiger partial charge in [0, 0.05) is 25.5 Å². The Morgan fingerprint density at radius 2 is 2.00 bits per heavy atom. The first kappa shape index (κ1) is 12.3. The van der Waals surface area contributed by atoms with Crippen molar-refractivity contribution < 1.29 is 9.47 Å². The van der Waals surface area contributed by atoms with Crippen molar-refractivity contribution in [3.8, 4) is 0 Å². The minimum atomic E-state index is -0.749. The average molecular weight is 233 g/mol. The van der Waals surface area contributed by atoms with Crippen molar-refractivity contribution in [1.29, 1.82) is 0 Å². The summed E-state index contributed by atoms with van der Waals surface area (Å²) < 4.78 is 11.1. The number of aromatic nitrogens is 1. The molecule has 1 aliphatic carbocycles. The Kier molecular flexibility index (Phi) is 3.31. The maximum Gasteiger partial charge on any atom is 0.217 e. The molecule has 0 spiro atoms. The molecule has 17 heavy (non-hydrogen) atoms. The Morgan fingerprint density at radius 1 is 1.29 bits per heavy atom. The van der Waals surface area contributed by atoms with Crippen LogP contribution < -0.4 is 0 Å². The molecule has 0 aromatic carbocycles. The van der Waals surface area contributed by atoms with E-state index in [4.69, 9.17) is 9.47 Å². The van der Waals surface area contributed by atoms with Crippen LogP contribution in [0.15, 0.2) is 12.1 Å². The highest BCUT2D eigenvalue weighted by molar-refractivity contribution is 5.64. The third kappa shape index (κ3) is 1.90. The monoisotopic (exact) mass is 233 g/mol. The molecule has 0 fully saturated rings. The smallest absolute Gasteiger partial charge is 0.217 e. The predicted molar refractivity (Wildman–Crippen MR) is 67.7 cm³/mol. The van der Waals surface area contributed by atoms with Crippen LogP contribution in [-0.2, 0) is 21.7 Å². The van der Waals surface area contributed by atoms with Gasteiger partial charge in [-0.3, -0.25) is 4.98 Å². The molecule has 1 aromatic rings. The number of rotatable bonds is 4. The molecule has 0 unspecified atom stereocenters. The maximum absolute atomic E-state index is 5.55. The Balaban J connectivity index is 2.59.